The molecule has 2 N–H and O–H groups in total. The Morgan fingerprint density at radius 2 is 2.07 bits per heavy atom. The lowest BCUT2D eigenvalue weighted by Gasteiger charge is -2.33. The van der Waals surface area contributed by atoms with Crippen molar-refractivity contribution in [3.05, 3.63) is 47.2 Å². The van der Waals surface area contributed by atoms with Gasteiger partial charge in [-0.05, 0) is 42.5 Å². The molecule has 0 amide bonds. The van der Waals surface area contributed by atoms with E-state index in [-0.39, 0.29) is 18.0 Å². The predicted octanol–water partition coefficient (Wildman–Crippen LogP) is 3.96. The zero-order valence-electron chi connectivity index (χ0n) is 17.5. The molecule has 1 atom stereocenters. The molecule has 0 saturated heterocycles. The van der Waals surface area contributed by atoms with Gasteiger partial charge >= 0.3 is 0 Å². The number of hydrogen-bond acceptors (Lipinski definition) is 6. The number of fused-ring (bicyclic) bond motifs is 4. The third kappa shape index (κ3) is 3.45. The Hall–Kier alpha value is -3.20. The molecular weight excluding hydrogens is 378 g/mol. The first-order chi connectivity index (χ1) is 14.3. The van der Waals surface area contributed by atoms with E-state index < -0.39 is 5.54 Å². The Labute approximate surface area is 176 Å². The summed E-state index contributed by atoms with van der Waals surface area (Å²) in [6, 6.07) is 8.01. The number of ether oxygens (including phenoxy) is 3. The summed E-state index contributed by atoms with van der Waals surface area (Å²) in [5.41, 5.74) is 7.77. The van der Waals surface area contributed by atoms with Crippen molar-refractivity contribution in [2.24, 2.45) is 22.1 Å². The molecule has 0 bridgehead atoms. The van der Waals surface area contributed by atoms with E-state index in [1.54, 1.807) is 6.20 Å². The number of hydrogen-bond donors (Lipinski definition) is 1. The van der Waals surface area contributed by atoms with Gasteiger partial charge in [0.2, 0.25) is 5.88 Å². The standard InChI is InChI=1S/C24H25N3O3/c1-23(2,3)13-28-17-11-19-21(26-12-17)30-20-9-8-16(7-6-15-4-5-15)10-18(20)24(19)14-29-22(25)27-24/h8-12,15H,4-5,13-14H2,1-3H3,(H2,25,27)/t24-/m0/s1. The smallest absolute Gasteiger partial charge is 0.283 e. The van der Waals surface area contributed by atoms with Crippen LogP contribution in [0.2, 0.25) is 0 Å². The molecule has 2 aliphatic heterocycles. The van der Waals surface area contributed by atoms with Gasteiger partial charge in [-0.25, -0.2) is 9.98 Å². The van der Waals surface area contributed by atoms with Crippen molar-refractivity contribution >= 4 is 6.02 Å². The van der Waals surface area contributed by atoms with Crippen molar-refractivity contribution in [3.8, 4) is 29.2 Å². The van der Waals surface area contributed by atoms with E-state index in [4.69, 9.17) is 24.9 Å². The summed E-state index contributed by atoms with van der Waals surface area (Å²) in [6.07, 6.45) is 4.06. The van der Waals surface area contributed by atoms with Gasteiger partial charge < -0.3 is 19.9 Å². The van der Waals surface area contributed by atoms with Gasteiger partial charge in [0.05, 0.1) is 18.4 Å². The van der Waals surface area contributed by atoms with Crippen LogP contribution < -0.4 is 15.2 Å². The van der Waals surface area contributed by atoms with Crippen LogP contribution in [0.25, 0.3) is 0 Å². The minimum absolute atomic E-state index is 0.0326. The maximum atomic E-state index is 6.11. The van der Waals surface area contributed by atoms with Gasteiger partial charge in [-0.3, -0.25) is 0 Å². The Balaban J connectivity index is 1.58. The largest absolute Gasteiger partial charge is 0.491 e. The van der Waals surface area contributed by atoms with Crippen molar-refractivity contribution in [1.29, 1.82) is 0 Å². The molecule has 1 spiro atoms. The highest BCUT2D eigenvalue weighted by molar-refractivity contribution is 5.76. The lowest BCUT2D eigenvalue weighted by molar-refractivity contribution is 0.196. The fraction of sp³-hybridized carbons (Fsp3) is 0.417. The Morgan fingerprint density at radius 1 is 1.23 bits per heavy atom. The topological polar surface area (TPSA) is 79.0 Å². The number of nitrogens with two attached hydrogens (primary N) is 1. The van der Waals surface area contributed by atoms with Crippen molar-refractivity contribution in [3.63, 3.8) is 0 Å². The van der Waals surface area contributed by atoms with Crippen LogP contribution >= 0.6 is 0 Å². The van der Waals surface area contributed by atoms with Gasteiger partial charge in [0.15, 0.2) is 5.54 Å². The molecule has 1 aromatic heterocycles. The molecule has 0 unspecified atom stereocenters. The average molecular weight is 403 g/mol. The number of rotatable bonds is 2. The Bertz CT molecular complexity index is 1100. The molecule has 3 heterocycles. The van der Waals surface area contributed by atoms with Gasteiger partial charge in [0.25, 0.3) is 6.02 Å². The van der Waals surface area contributed by atoms with Crippen molar-refractivity contribution in [1.82, 2.24) is 4.98 Å². The number of benzene rings is 1. The third-order valence-corrected chi connectivity index (χ3v) is 5.30. The zero-order valence-corrected chi connectivity index (χ0v) is 17.5. The second kappa shape index (κ2) is 6.66. The molecule has 3 aliphatic rings. The number of aliphatic imine (C=N–C) groups is 1. The maximum Gasteiger partial charge on any atom is 0.283 e. The highest BCUT2D eigenvalue weighted by Crippen LogP contribution is 2.51. The van der Waals surface area contributed by atoms with E-state index >= 15 is 0 Å². The average Bonchev–Trinajstić information content (AvgIpc) is 3.46. The fourth-order valence-electron chi connectivity index (χ4n) is 3.58. The van der Waals surface area contributed by atoms with Crippen LogP contribution in [0.1, 0.15) is 50.3 Å². The van der Waals surface area contributed by atoms with Crippen LogP contribution in [-0.2, 0) is 10.3 Å². The summed E-state index contributed by atoms with van der Waals surface area (Å²) in [5, 5.41) is 0. The number of amidine groups is 1. The summed E-state index contributed by atoms with van der Waals surface area (Å²) < 4.78 is 17.7. The molecule has 6 nitrogen and oxygen atoms in total. The second-order valence-corrected chi connectivity index (χ2v) is 9.33. The third-order valence-electron chi connectivity index (χ3n) is 5.30. The lowest BCUT2D eigenvalue weighted by Crippen LogP contribution is -2.31. The number of nitrogens with zero attached hydrogens (tertiary/aromatic N) is 2. The first kappa shape index (κ1) is 18.8. The summed E-state index contributed by atoms with van der Waals surface area (Å²) in [7, 11) is 0. The van der Waals surface area contributed by atoms with Gasteiger partial charge in [0.1, 0.15) is 18.1 Å². The van der Waals surface area contributed by atoms with Gasteiger partial charge in [-0.15, -0.1) is 0 Å². The summed E-state index contributed by atoms with van der Waals surface area (Å²) in [5.74, 6) is 8.97. The summed E-state index contributed by atoms with van der Waals surface area (Å²) >= 11 is 0. The molecular formula is C24H25N3O3. The van der Waals surface area contributed by atoms with Crippen molar-refractivity contribution in [2.45, 2.75) is 39.2 Å². The first-order valence-corrected chi connectivity index (χ1v) is 10.3. The van der Waals surface area contributed by atoms with Crippen molar-refractivity contribution < 1.29 is 14.2 Å². The normalized spacial score (nSPS) is 21.5. The van der Waals surface area contributed by atoms with E-state index in [0.29, 0.717) is 29.9 Å². The second-order valence-electron chi connectivity index (χ2n) is 9.33. The maximum absolute atomic E-state index is 6.11. The molecule has 30 heavy (non-hydrogen) atoms. The summed E-state index contributed by atoms with van der Waals surface area (Å²) in [6.45, 7) is 7.23. The predicted molar refractivity (Wildman–Crippen MR) is 114 cm³/mol. The highest BCUT2D eigenvalue weighted by atomic mass is 16.5. The molecule has 5 rings (SSSR count). The van der Waals surface area contributed by atoms with E-state index in [1.165, 1.54) is 12.8 Å². The Kier molecular flexibility index (Phi) is 4.18. The Morgan fingerprint density at radius 3 is 2.77 bits per heavy atom. The first-order valence-electron chi connectivity index (χ1n) is 10.3. The molecule has 6 heteroatoms. The molecule has 0 radical (unpaired) electrons. The van der Waals surface area contributed by atoms with E-state index in [1.807, 2.05) is 24.3 Å². The summed E-state index contributed by atoms with van der Waals surface area (Å²) in [4.78, 5) is 9.22. The minimum Gasteiger partial charge on any atom is -0.491 e. The van der Waals surface area contributed by atoms with Crippen LogP contribution in [0.4, 0.5) is 0 Å². The van der Waals surface area contributed by atoms with Crippen molar-refractivity contribution in [2.75, 3.05) is 13.2 Å². The van der Waals surface area contributed by atoms with Crippen LogP contribution in [0.15, 0.2) is 35.5 Å². The monoisotopic (exact) mass is 403 g/mol. The number of pyridine rings is 1. The quantitative estimate of drug-likeness (QED) is 0.768. The fourth-order valence-corrected chi connectivity index (χ4v) is 3.58. The van der Waals surface area contributed by atoms with Crippen LogP contribution in [0, 0.1) is 23.2 Å². The lowest BCUT2D eigenvalue weighted by atomic mass is 9.82. The van der Waals surface area contributed by atoms with Gasteiger partial charge in [-0.1, -0.05) is 32.6 Å². The molecule has 1 fully saturated rings. The SMILES string of the molecule is CC(C)(C)COc1cnc2c(c1)[C@]1(COC(N)=N1)c1cc(C#CC3CC3)ccc1O2. The molecule has 1 saturated carbocycles. The molecule has 154 valence electrons. The van der Waals surface area contributed by atoms with Crippen LogP contribution in [0.3, 0.4) is 0 Å². The highest BCUT2D eigenvalue weighted by Gasteiger charge is 2.48. The van der Waals surface area contributed by atoms with E-state index in [0.717, 1.165) is 16.7 Å². The molecule has 1 aromatic carbocycles. The minimum atomic E-state index is -0.821. The van der Waals surface area contributed by atoms with E-state index in [2.05, 4.69) is 37.6 Å². The van der Waals surface area contributed by atoms with Crippen LogP contribution in [-0.4, -0.2) is 24.2 Å². The van der Waals surface area contributed by atoms with E-state index in [9.17, 15) is 0 Å². The molecule has 2 aromatic rings. The molecule has 1 aliphatic carbocycles. The van der Waals surface area contributed by atoms with Gasteiger partial charge in [-0.2, -0.15) is 0 Å². The number of aromatic nitrogens is 1. The van der Waals surface area contributed by atoms with Gasteiger partial charge in [0, 0.05) is 17.0 Å². The van der Waals surface area contributed by atoms with Crippen LogP contribution in [0.5, 0.6) is 17.4 Å². The zero-order chi connectivity index (χ0) is 20.9.